The minimum atomic E-state index is -0.112. The average molecular weight is 432 g/mol. The molecule has 4 N–H and O–H groups in total. The van der Waals surface area contributed by atoms with Crippen LogP contribution in [-0.2, 0) is 13.0 Å². The number of benzene rings is 1. The second-order valence-corrected chi connectivity index (χ2v) is 9.05. The monoisotopic (exact) mass is 431 g/mol. The number of nitrogens with two attached hydrogens (primary N) is 2. The van der Waals surface area contributed by atoms with Crippen molar-refractivity contribution in [2.24, 2.45) is 0 Å². The molecule has 5 rings (SSSR count). The van der Waals surface area contributed by atoms with Gasteiger partial charge in [-0.15, -0.1) is 22.7 Å². The summed E-state index contributed by atoms with van der Waals surface area (Å²) in [5.41, 5.74) is 16.3. The van der Waals surface area contributed by atoms with Gasteiger partial charge < -0.3 is 16.4 Å². The van der Waals surface area contributed by atoms with E-state index in [0.717, 1.165) is 16.9 Å². The van der Waals surface area contributed by atoms with Crippen molar-refractivity contribution in [3.8, 4) is 16.5 Å². The van der Waals surface area contributed by atoms with Crippen molar-refractivity contribution in [1.82, 2.24) is 9.88 Å². The van der Waals surface area contributed by atoms with Gasteiger partial charge in [0, 0.05) is 28.9 Å². The highest BCUT2D eigenvalue weighted by molar-refractivity contribution is 7.21. The van der Waals surface area contributed by atoms with Gasteiger partial charge in [-0.2, -0.15) is 5.26 Å². The Morgan fingerprint density at radius 1 is 1.17 bits per heavy atom. The zero-order valence-electron chi connectivity index (χ0n) is 15.9. The quantitative estimate of drug-likeness (QED) is 0.493. The molecule has 3 aromatic heterocycles. The summed E-state index contributed by atoms with van der Waals surface area (Å²) >= 11 is 2.73. The van der Waals surface area contributed by atoms with Gasteiger partial charge in [0.25, 0.3) is 5.91 Å². The predicted octanol–water partition coefficient (Wildman–Crippen LogP) is 4.26. The van der Waals surface area contributed by atoms with Gasteiger partial charge in [0.1, 0.15) is 27.2 Å². The van der Waals surface area contributed by atoms with E-state index in [1.807, 2.05) is 34.5 Å². The number of carbonyl (C=O) groups excluding carboxylic acids is 1. The molecule has 4 heterocycles. The molecule has 0 aliphatic carbocycles. The first kappa shape index (κ1) is 18.6. The third-order valence-corrected chi connectivity index (χ3v) is 7.37. The summed E-state index contributed by atoms with van der Waals surface area (Å²) in [6.45, 7) is 1.19. The van der Waals surface area contributed by atoms with Crippen LogP contribution in [0.5, 0.6) is 0 Å². The van der Waals surface area contributed by atoms with E-state index >= 15 is 0 Å². The van der Waals surface area contributed by atoms with E-state index in [9.17, 15) is 10.1 Å². The normalized spacial score (nSPS) is 13.2. The summed E-state index contributed by atoms with van der Waals surface area (Å²) in [7, 11) is 0. The first-order valence-electron chi connectivity index (χ1n) is 9.40. The highest BCUT2D eigenvalue weighted by Crippen LogP contribution is 2.44. The summed E-state index contributed by atoms with van der Waals surface area (Å²) in [5.74, 6) is 0.0414. The van der Waals surface area contributed by atoms with Gasteiger partial charge in [0.15, 0.2) is 0 Å². The van der Waals surface area contributed by atoms with Gasteiger partial charge in [-0.1, -0.05) is 30.3 Å². The summed E-state index contributed by atoms with van der Waals surface area (Å²) < 4.78 is 0. The minimum Gasteiger partial charge on any atom is -0.397 e. The van der Waals surface area contributed by atoms with Crippen LogP contribution in [-0.4, -0.2) is 22.3 Å². The Hall–Kier alpha value is -3.41. The maximum absolute atomic E-state index is 13.4. The van der Waals surface area contributed by atoms with Crippen LogP contribution in [0.1, 0.15) is 26.4 Å². The Kier molecular flexibility index (Phi) is 4.42. The molecule has 0 saturated carbocycles. The number of nitrogens with zero attached hydrogens (tertiary/aromatic N) is 3. The number of nitriles is 1. The zero-order valence-corrected chi connectivity index (χ0v) is 17.5. The summed E-state index contributed by atoms with van der Waals surface area (Å²) in [5, 5.41) is 12.2. The van der Waals surface area contributed by atoms with E-state index in [0.29, 0.717) is 45.0 Å². The molecule has 0 radical (unpaired) electrons. The van der Waals surface area contributed by atoms with Crippen molar-refractivity contribution in [2.45, 2.75) is 13.0 Å². The van der Waals surface area contributed by atoms with Crippen LogP contribution in [0.4, 0.5) is 11.5 Å². The van der Waals surface area contributed by atoms with E-state index in [2.05, 4.69) is 23.2 Å². The third kappa shape index (κ3) is 2.83. The number of fused-ring (bicyclic) bond motifs is 2. The number of rotatable bonds is 2. The van der Waals surface area contributed by atoms with Crippen molar-refractivity contribution >= 4 is 50.3 Å². The number of hydrogen-bond acceptors (Lipinski definition) is 7. The minimum absolute atomic E-state index is 0.112. The third-order valence-electron chi connectivity index (χ3n) is 5.40. The number of amides is 1. The van der Waals surface area contributed by atoms with Crippen LogP contribution >= 0.6 is 22.7 Å². The first-order valence-corrected chi connectivity index (χ1v) is 11.1. The molecule has 1 aromatic carbocycles. The van der Waals surface area contributed by atoms with Crippen LogP contribution in [0.25, 0.3) is 20.7 Å². The van der Waals surface area contributed by atoms with Crippen LogP contribution in [0.3, 0.4) is 0 Å². The predicted molar refractivity (Wildman–Crippen MR) is 121 cm³/mol. The van der Waals surface area contributed by atoms with Gasteiger partial charge in [-0.05, 0) is 29.0 Å². The van der Waals surface area contributed by atoms with E-state index in [1.54, 1.807) is 0 Å². The summed E-state index contributed by atoms with van der Waals surface area (Å²) in [6.07, 6.45) is 0.816. The van der Waals surface area contributed by atoms with Crippen molar-refractivity contribution in [1.29, 1.82) is 5.26 Å². The standard InChI is InChI=1S/C22H17N5OS2/c23-10-14-16(15-6-3-9-29-15)17-18(24)19(30-21(17)26-20(14)25)22(28)27-8-7-12-4-1-2-5-13(12)11-27/h1-6,9H,7-8,11,24H2,(H2,25,26). The molecule has 0 bridgehead atoms. The molecule has 0 atom stereocenters. The lowest BCUT2D eigenvalue weighted by atomic mass is 9.99. The number of anilines is 2. The van der Waals surface area contributed by atoms with Gasteiger partial charge in [-0.3, -0.25) is 4.79 Å². The largest absolute Gasteiger partial charge is 0.397 e. The molecule has 0 saturated heterocycles. The molecule has 1 amide bonds. The first-order chi connectivity index (χ1) is 14.6. The number of thiophene rings is 2. The van der Waals surface area contributed by atoms with Gasteiger partial charge in [0.2, 0.25) is 0 Å². The lowest BCUT2D eigenvalue weighted by molar-refractivity contribution is 0.0740. The van der Waals surface area contributed by atoms with Gasteiger partial charge >= 0.3 is 0 Å². The number of nitrogen functional groups attached to an aromatic ring is 2. The molecule has 0 unspecified atom stereocenters. The number of hydrogen-bond donors (Lipinski definition) is 2. The second kappa shape index (κ2) is 7.13. The summed E-state index contributed by atoms with van der Waals surface area (Å²) in [6, 6.07) is 14.2. The molecule has 8 heteroatoms. The maximum Gasteiger partial charge on any atom is 0.266 e. The van der Waals surface area contributed by atoms with E-state index in [1.165, 1.54) is 28.2 Å². The fourth-order valence-electron chi connectivity index (χ4n) is 3.92. The molecule has 148 valence electrons. The van der Waals surface area contributed by atoms with Crippen LogP contribution in [0.15, 0.2) is 41.8 Å². The number of aromatic nitrogens is 1. The van der Waals surface area contributed by atoms with Crippen molar-refractivity contribution in [2.75, 3.05) is 18.0 Å². The van der Waals surface area contributed by atoms with Gasteiger partial charge in [0.05, 0.1) is 5.69 Å². The van der Waals surface area contributed by atoms with E-state index < -0.39 is 0 Å². The topological polar surface area (TPSA) is 109 Å². The molecule has 0 fully saturated rings. The van der Waals surface area contributed by atoms with Gasteiger partial charge in [-0.25, -0.2) is 4.98 Å². The Morgan fingerprint density at radius 2 is 1.97 bits per heavy atom. The fourth-order valence-corrected chi connectivity index (χ4v) is 5.78. The Balaban J connectivity index is 1.63. The van der Waals surface area contributed by atoms with Crippen LogP contribution in [0, 0.1) is 11.3 Å². The van der Waals surface area contributed by atoms with Crippen molar-refractivity contribution in [3.63, 3.8) is 0 Å². The maximum atomic E-state index is 13.4. The second-order valence-electron chi connectivity index (χ2n) is 7.11. The zero-order chi connectivity index (χ0) is 20.8. The highest BCUT2D eigenvalue weighted by atomic mass is 32.1. The van der Waals surface area contributed by atoms with Crippen LogP contribution in [0.2, 0.25) is 0 Å². The average Bonchev–Trinajstić information content (AvgIpc) is 3.40. The smallest absolute Gasteiger partial charge is 0.266 e. The van der Waals surface area contributed by atoms with Crippen molar-refractivity contribution < 1.29 is 4.79 Å². The Bertz CT molecular complexity index is 1330. The number of carbonyl (C=O) groups is 1. The van der Waals surface area contributed by atoms with E-state index in [-0.39, 0.29) is 11.7 Å². The molecule has 4 aromatic rings. The SMILES string of the molecule is N#Cc1c(N)nc2sc(C(=O)N3CCc4ccccc4C3)c(N)c2c1-c1cccs1. The fraction of sp³-hybridized carbons (Fsp3) is 0.136. The molecule has 1 aliphatic heterocycles. The molecular weight excluding hydrogens is 414 g/mol. The number of pyridine rings is 1. The highest BCUT2D eigenvalue weighted by Gasteiger charge is 2.28. The van der Waals surface area contributed by atoms with Crippen molar-refractivity contribution in [3.05, 3.63) is 63.3 Å². The Labute approximate surface area is 181 Å². The molecular formula is C22H17N5OS2. The molecule has 0 spiro atoms. The Morgan fingerprint density at radius 3 is 2.70 bits per heavy atom. The van der Waals surface area contributed by atoms with Crippen LogP contribution < -0.4 is 11.5 Å². The molecule has 6 nitrogen and oxygen atoms in total. The molecule has 30 heavy (non-hydrogen) atoms. The lowest BCUT2D eigenvalue weighted by Crippen LogP contribution is -2.35. The summed E-state index contributed by atoms with van der Waals surface area (Å²) in [4.78, 5) is 21.5. The van der Waals surface area contributed by atoms with E-state index in [4.69, 9.17) is 11.5 Å². The molecule has 1 aliphatic rings. The lowest BCUT2D eigenvalue weighted by Gasteiger charge is -2.28.